The zero-order valence-electron chi connectivity index (χ0n) is 16.9. The van der Waals surface area contributed by atoms with E-state index in [1.54, 1.807) is 22.8 Å². The van der Waals surface area contributed by atoms with Crippen molar-refractivity contribution < 1.29 is 22.4 Å². The van der Waals surface area contributed by atoms with Gasteiger partial charge in [-0.1, -0.05) is 54.2 Å². The van der Waals surface area contributed by atoms with Gasteiger partial charge in [0.05, 0.1) is 23.5 Å². The fourth-order valence-corrected chi connectivity index (χ4v) is 3.82. The molecule has 0 aliphatic heterocycles. The molecule has 4 aromatic rings. The number of aromatic nitrogens is 3. The second kappa shape index (κ2) is 9.86. The summed E-state index contributed by atoms with van der Waals surface area (Å²) in [4.78, 5) is 12.3. The molecule has 1 amide bonds. The molecule has 10 heteroatoms. The first-order chi connectivity index (χ1) is 15.9. The van der Waals surface area contributed by atoms with Crippen LogP contribution in [0.2, 0.25) is 0 Å². The van der Waals surface area contributed by atoms with Gasteiger partial charge in [-0.25, -0.2) is 17.6 Å². The molecule has 0 radical (unpaired) electrons. The molecular formula is C23H16F4N4OS. The molecule has 0 aliphatic carbocycles. The highest BCUT2D eigenvalue weighted by atomic mass is 32.2. The summed E-state index contributed by atoms with van der Waals surface area (Å²) < 4.78 is 56.4. The van der Waals surface area contributed by atoms with Gasteiger partial charge in [-0.3, -0.25) is 9.36 Å². The van der Waals surface area contributed by atoms with Crippen molar-refractivity contribution in [3.63, 3.8) is 0 Å². The van der Waals surface area contributed by atoms with Gasteiger partial charge >= 0.3 is 0 Å². The van der Waals surface area contributed by atoms with Gasteiger partial charge in [-0.15, -0.1) is 10.2 Å². The van der Waals surface area contributed by atoms with Crippen molar-refractivity contribution in [1.29, 1.82) is 0 Å². The zero-order valence-corrected chi connectivity index (χ0v) is 17.8. The summed E-state index contributed by atoms with van der Waals surface area (Å²) in [5.41, 5.74) is 0.684. The molecule has 168 valence electrons. The third kappa shape index (κ3) is 5.06. The second-order valence-corrected chi connectivity index (χ2v) is 7.86. The molecule has 0 saturated heterocycles. The number of amides is 1. The van der Waals surface area contributed by atoms with E-state index in [1.807, 2.05) is 30.3 Å². The smallest absolute Gasteiger partial charge is 0.234 e. The number of carbonyl (C=O) groups excluding carboxylic acids is 1. The first-order valence-electron chi connectivity index (χ1n) is 9.72. The Morgan fingerprint density at radius 2 is 1.58 bits per heavy atom. The standard InChI is InChI=1S/C23H16F4N4OS/c24-16-9-5-4-8-15(16)22-29-30-23(31(22)12-14-6-2-1-3-7-14)33-13-19(32)28-18-11-10-17(25)20(26)21(18)27/h1-11H,12-13H2,(H,28,32). The highest BCUT2D eigenvalue weighted by Gasteiger charge is 2.20. The van der Waals surface area contributed by atoms with E-state index in [2.05, 4.69) is 15.5 Å². The monoisotopic (exact) mass is 472 g/mol. The molecule has 0 aliphatic rings. The molecule has 0 bridgehead atoms. The predicted octanol–water partition coefficient (Wildman–Crippen LogP) is 5.28. The van der Waals surface area contributed by atoms with Crippen LogP contribution >= 0.6 is 11.8 Å². The van der Waals surface area contributed by atoms with Gasteiger partial charge in [0.25, 0.3) is 0 Å². The SMILES string of the molecule is O=C(CSc1nnc(-c2ccccc2F)n1Cc1ccccc1)Nc1ccc(F)c(F)c1F. The molecule has 3 aromatic carbocycles. The fraction of sp³-hybridized carbons (Fsp3) is 0.0870. The van der Waals surface area contributed by atoms with E-state index in [0.29, 0.717) is 11.7 Å². The summed E-state index contributed by atoms with van der Waals surface area (Å²) in [5.74, 6) is -5.57. The lowest BCUT2D eigenvalue weighted by atomic mass is 10.2. The van der Waals surface area contributed by atoms with E-state index in [1.165, 1.54) is 6.07 Å². The topological polar surface area (TPSA) is 59.8 Å². The maximum Gasteiger partial charge on any atom is 0.234 e. The molecule has 1 aromatic heterocycles. The Morgan fingerprint density at radius 3 is 2.33 bits per heavy atom. The third-order valence-electron chi connectivity index (χ3n) is 4.66. The van der Waals surface area contributed by atoms with E-state index in [9.17, 15) is 22.4 Å². The number of rotatable bonds is 7. The normalized spacial score (nSPS) is 10.9. The van der Waals surface area contributed by atoms with Crippen molar-refractivity contribution in [1.82, 2.24) is 14.8 Å². The van der Waals surface area contributed by atoms with Crippen LogP contribution in [0.4, 0.5) is 23.2 Å². The van der Waals surface area contributed by atoms with Gasteiger partial charge in [0.15, 0.2) is 28.4 Å². The van der Waals surface area contributed by atoms with Gasteiger partial charge in [-0.2, -0.15) is 0 Å². The Bertz CT molecular complexity index is 1300. The van der Waals surface area contributed by atoms with Crippen LogP contribution in [0.3, 0.4) is 0 Å². The quantitative estimate of drug-likeness (QED) is 0.226. The van der Waals surface area contributed by atoms with Crippen LogP contribution in [0.15, 0.2) is 71.9 Å². The van der Waals surface area contributed by atoms with E-state index in [-0.39, 0.29) is 17.1 Å². The third-order valence-corrected chi connectivity index (χ3v) is 5.62. The minimum absolute atomic E-state index is 0.220. The number of anilines is 1. The second-order valence-electron chi connectivity index (χ2n) is 6.92. The van der Waals surface area contributed by atoms with Crippen LogP contribution in [0.1, 0.15) is 5.56 Å². The van der Waals surface area contributed by atoms with E-state index in [0.717, 1.165) is 29.5 Å². The largest absolute Gasteiger partial charge is 0.323 e. The van der Waals surface area contributed by atoms with Crippen LogP contribution in [-0.4, -0.2) is 26.4 Å². The molecule has 1 heterocycles. The minimum Gasteiger partial charge on any atom is -0.323 e. The van der Waals surface area contributed by atoms with Crippen molar-refractivity contribution in [2.45, 2.75) is 11.7 Å². The van der Waals surface area contributed by atoms with Gasteiger partial charge < -0.3 is 5.32 Å². The lowest BCUT2D eigenvalue weighted by Crippen LogP contribution is -2.16. The summed E-state index contributed by atoms with van der Waals surface area (Å²) in [6.45, 7) is 0.319. The first-order valence-corrected chi connectivity index (χ1v) is 10.7. The van der Waals surface area contributed by atoms with Crippen LogP contribution in [-0.2, 0) is 11.3 Å². The maximum absolute atomic E-state index is 14.4. The zero-order chi connectivity index (χ0) is 23.4. The van der Waals surface area contributed by atoms with Crippen molar-refractivity contribution in [2.75, 3.05) is 11.1 Å². The minimum atomic E-state index is -1.67. The molecule has 0 saturated carbocycles. The van der Waals surface area contributed by atoms with E-state index >= 15 is 0 Å². The molecule has 0 atom stereocenters. The number of nitrogens with one attached hydrogen (secondary N) is 1. The Morgan fingerprint density at radius 1 is 0.848 bits per heavy atom. The number of thioether (sulfide) groups is 1. The van der Waals surface area contributed by atoms with Gasteiger partial charge in [0, 0.05) is 0 Å². The average molecular weight is 472 g/mol. The summed E-state index contributed by atoms with van der Waals surface area (Å²) in [5, 5.41) is 10.7. The highest BCUT2D eigenvalue weighted by Crippen LogP contribution is 2.27. The Labute approximate surface area is 190 Å². The van der Waals surface area contributed by atoms with Gasteiger partial charge in [0.1, 0.15) is 5.82 Å². The molecule has 0 spiro atoms. The fourth-order valence-electron chi connectivity index (χ4n) is 3.08. The summed E-state index contributed by atoms with van der Waals surface area (Å²) >= 11 is 0.993. The molecular weight excluding hydrogens is 456 g/mol. The number of benzene rings is 3. The maximum atomic E-state index is 14.4. The van der Waals surface area contributed by atoms with Crippen LogP contribution in [0, 0.1) is 23.3 Å². The molecule has 0 fully saturated rings. The van der Waals surface area contributed by atoms with Crippen molar-refractivity contribution >= 4 is 23.4 Å². The van der Waals surface area contributed by atoms with Gasteiger partial charge in [0.2, 0.25) is 5.91 Å². The highest BCUT2D eigenvalue weighted by molar-refractivity contribution is 7.99. The van der Waals surface area contributed by atoms with Crippen molar-refractivity contribution in [3.05, 3.63) is 95.6 Å². The Kier molecular flexibility index (Phi) is 6.74. The summed E-state index contributed by atoms with van der Waals surface area (Å²) in [6.07, 6.45) is 0. The molecule has 5 nitrogen and oxygen atoms in total. The lowest BCUT2D eigenvalue weighted by molar-refractivity contribution is -0.113. The number of hydrogen-bond donors (Lipinski definition) is 1. The van der Waals surface area contributed by atoms with E-state index in [4.69, 9.17) is 0 Å². The Balaban J connectivity index is 1.56. The lowest BCUT2D eigenvalue weighted by Gasteiger charge is -2.11. The number of halogens is 4. The average Bonchev–Trinajstić information content (AvgIpc) is 3.21. The van der Waals surface area contributed by atoms with E-state index < -0.39 is 34.9 Å². The molecule has 0 unspecified atom stereocenters. The number of carbonyl (C=O) groups is 1. The number of nitrogens with zero attached hydrogens (tertiary/aromatic N) is 3. The molecule has 33 heavy (non-hydrogen) atoms. The van der Waals surface area contributed by atoms with Crippen LogP contribution < -0.4 is 5.32 Å². The van der Waals surface area contributed by atoms with Gasteiger partial charge in [-0.05, 0) is 29.8 Å². The van der Waals surface area contributed by atoms with Crippen LogP contribution in [0.5, 0.6) is 0 Å². The summed E-state index contributed by atoms with van der Waals surface area (Å²) in [7, 11) is 0. The molecule has 4 rings (SSSR count). The predicted molar refractivity (Wildman–Crippen MR) is 117 cm³/mol. The Hall–Kier alpha value is -3.66. The van der Waals surface area contributed by atoms with Crippen molar-refractivity contribution in [3.8, 4) is 11.4 Å². The molecule has 1 N–H and O–H groups in total. The van der Waals surface area contributed by atoms with Crippen LogP contribution in [0.25, 0.3) is 11.4 Å². The first kappa shape index (κ1) is 22.5. The number of hydrogen-bond acceptors (Lipinski definition) is 4. The van der Waals surface area contributed by atoms with Crippen molar-refractivity contribution in [2.24, 2.45) is 0 Å². The summed E-state index contributed by atoms with van der Waals surface area (Å²) in [6, 6.07) is 17.1.